The molecule has 4 heteroatoms. The van der Waals surface area contributed by atoms with E-state index in [2.05, 4.69) is 0 Å². The molecule has 0 saturated heterocycles. The van der Waals surface area contributed by atoms with Crippen LogP contribution in [0.25, 0.3) is 0 Å². The SMILES string of the molecule is Cc1cc(S(=O)(=O)c2ccccc2)ccc1N. The molecular weight excluding hydrogens is 234 g/mol. The minimum absolute atomic E-state index is 0.274. The van der Waals surface area contributed by atoms with Crippen molar-refractivity contribution in [2.45, 2.75) is 16.7 Å². The van der Waals surface area contributed by atoms with Crippen molar-refractivity contribution in [1.82, 2.24) is 0 Å². The van der Waals surface area contributed by atoms with Crippen molar-refractivity contribution in [3.8, 4) is 0 Å². The van der Waals surface area contributed by atoms with E-state index in [0.29, 0.717) is 10.6 Å². The number of hydrogen-bond donors (Lipinski definition) is 1. The van der Waals surface area contributed by atoms with Gasteiger partial charge in [-0.05, 0) is 42.8 Å². The fraction of sp³-hybridized carbons (Fsp3) is 0.0769. The number of hydrogen-bond acceptors (Lipinski definition) is 3. The fourth-order valence-electron chi connectivity index (χ4n) is 1.55. The zero-order valence-corrected chi connectivity index (χ0v) is 10.2. The Kier molecular flexibility index (Phi) is 2.90. The molecule has 88 valence electrons. The summed E-state index contributed by atoms with van der Waals surface area (Å²) < 4.78 is 24.5. The van der Waals surface area contributed by atoms with Crippen LogP contribution >= 0.6 is 0 Å². The highest BCUT2D eigenvalue weighted by Crippen LogP contribution is 2.23. The molecule has 2 aromatic rings. The molecule has 0 aliphatic rings. The molecule has 2 aromatic carbocycles. The normalized spacial score (nSPS) is 11.4. The van der Waals surface area contributed by atoms with E-state index < -0.39 is 9.84 Å². The molecule has 2 N–H and O–H groups in total. The Hall–Kier alpha value is -1.81. The highest BCUT2D eigenvalue weighted by atomic mass is 32.2. The van der Waals surface area contributed by atoms with Gasteiger partial charge in [0.25, 0.3) is 0 Å². The van der Waals surface area contributed by atoms with Gasteiger partial charge in [0.15, 0.2) is 0 Å². The summed E-state index contributed by atoms with van der Waals surface area (Å²) in [6.07, 6.45) is 0. The van der Waals surface area contributed by atoms with Crippen LogP contribution in [0.15, 0.2) is 58.3 Å². The molecule has 2 rings (SSSR count). The summed E-state index contributed by atoms with van der Waals surface area (Å²) in [5, 5.41) is 0. The summed E-state index contributed by atoms with van der Waals surface area (Å²) in [6, 6.07) is 13.1. The molecular formula is C13H13NO2S. The first kappa shape index (κ1) is 11.7. The van der Waals surface area contributed by atoms with Crippen LogP contribution in [0.5, 0.6) is 0 Å². The van der Waals surface area contributed by atoms with E-state index in [9.17, 15) is 8.42 Å². The van der Waals surface area contributed by atoms with Crippen molar-refractivity contribution in [1.29, 1.82) is 0 Å². The number of nitrogens with two attached hydrogens (primary N) is 1. The largest absolute Gasteiger partial charge is 0.399 e. The van der Waals surface area contributed by atoms with Gasteiger partial charge in [-0.2, -0.15) is 0 Å². The molecule has 0 spiro atoms. The van der Waals surface area contributed by atoms with Gasteiger partial charge in [-0.1, -0.05) is 18.2 Å². The van der Waals surface area contributed by atoms with Crippen LogP contribution in [0.2, 0.25) is 0 Å². The summed E-state index contributed by atoms with van der Waals surface area (Å²) >= 11 is 0. The standard InChI is InChI=1S/C13H13NO2S/c1-10-9-12(7-8-13(10)14)17(15,16)11-5-3-2-4-6-11/h2-9H,14H2,1H3. The maximum Gasteiger partial charge on any atom is 0.206 e. The molecule has 0 fully saturated rings. The van der Waals surface area contributed by atoms with Crippen LogP contribution in [-0.4, -0.2) is 8.42 Å². The van der Waals surface area contributed by atoms with Crippen LogP contribution in [0.3, 0.4) is 0 Å². The molecule has 3 nitrogen and oxygen atoms in total. The summed E-state index contributed by atoms with van der Waals surface area (Å²) in [4.78, 5) is 0.569. The second kappa shape index (κ2) is 4.22. The molecule has 0 radical (unpaired) electrons. The summed E-state index contributed by atoms with van der Waals surface area (Å²) in [7, 11) is -3.43. The number of anilines is 1. The second-order valence-electron chi connectivity index (χ2n) is 3.83. The van der Waals surface area contributed by atoms with E-state index in [1.807, 2.05) is 0 Å². The lowest BCUT2D eigenvalue weighted by molar-refractivity contribution is 0.596. The molecule has 0 bridgehead atoms. The molecule has 0 amide bonds. The third-order valence-electron chi connectivity index (χ3n) is 2.61. The predicted octanol–water partition coefficient (Wildman–Crippen LogP) is 2.41. The third kappa shape index (κ3) is 2.17. The van der Waals surface area contributed by atoms with Gasteiger partial charge in [0.1, 0.15) is 0 Å². The Morgan fingerprint density at radius 3 is 2.18 bits per heavy atom. The fourth-order valence-corrected chi connectivity index (χ4v) is 2.92. The van der Waals surface area contributed by atoms with Crippen LogP contribution in [0.1, 0.15) is 5.56 Å². The lowest BCUT2D eigenvalue weighted by Crippen LogP contribution is -2.02. The summed E-state index contributed by atoms with van der Waals surface area (Å²) in [5.74, 6) is 0. The van der Waals surface area contributed by atoms with Gasteiger partial charge in [-0.15, -0.1) is 0 Å². The minimum Gasteiger partial charge on any atom is -0.399 e. The van der Waals surface area contributed by atoms with Crippen molar-refractivity contribution >= 4 is 15.5 Å². The highest BCUT2D eigenvalue weighted by Gasteiger charge is 2.17. The van der Waals surface area contributed by atoms with Crippen LogP contribution < -0.4 is 5.73 Å². The Bertz CT molecular complexity index is 634. The van der Waals surface area contributed by atoms with Crippen molar-refractivity contribution in [2.24, 2.45) is 0 Å². The van der Waals surface area contributed by atoms with Gasteiger partial charge in [0.2, 0.25) is 9.84 Å². The number of sulfone groups is 1. The van der Waals surface area contributed by atoms with Gasteiger partial charge >= 0.3 is 0 Å². The zero-order chi connectivity index (χ0) is 12.5. The maximum absolute atomic E-state index is 12.3. The first-order valence-corrected chi connectivity index (χ1v) is 6.66. The molecule has 0 aliphatic heterocycles. The Balaban J connectivity index is 2.57. The minimum atomic E-state index is -3.43. The number of nitrogen functional groups attached to an aromatic ring is 1. The quantitative estimate of drug-likeness (QED) is 0.829. The Morgan fingerprint density at radius 1 is 0.941 bits per heavy atom. The van der Waals surface area contributed by atoms with E-state index in [-0.39, 0.29) is 4.90 Å². The molecule has 0 atom stereocenters. The Labute approximate surface area is 101 Å². The van der Waals surface area contributed by atoms with Gasteiger partial charge in [-0.25, -0.2) is 8.42 Å². The predicted molar refractivity (Wildman–Crippen MR) is 67.5 cm³/mol. The monoisotopic (exact) mass is 247 g/mol. The second-order valence-corrected chi connectivity index (χ2v) is 5.78. The van der Waals surface area contributed by atoms with E-state index in [1.165, 1.54) is 6.07 Å². The molecule has 0 heterocycles. The van der Waals surface area contributed by atoms with Crippen LogP contribution in [-0.2, 0) is 9.84 Å². The van der Waals surface area contributed by atoms with E-state index >= 15 is 0 Å². The average Bonchev–Trinajstić information content (AvgIpc) is 2.33. The first-order chi connectivity index (χ1) is 8.01. The number of rotatable bonds is 2. The van der Waals surface area contributed by atoms with E-state index in [4.69, 9.17) is 5.73 Å². The van der Waals surface area contributed by atoms with Crippen molar-refractivity contribution in [2.75, 3.05) is 5.73 Å². The smallest absolute Gasteiger partial charge is 0.206 e. The highest BCUT2D eigenvalue weighted by molar-refractivity contribution is 7.91. The average molecular weight is 247 g/mol. The van der Waals surface area contributed by atoms with Crippen molar-refractivity contribution < 1.29 is 8.42 Å². The maximum atomic E-state index is 12.3. The lowest BCUT2D eigenvalue weighted by atomic mass is 10.2. The summed E-state index contributed by atoms with van der Waals surface area (Å²) in [5.41, 5.74) is 7.04. The molecule has 0 aromatic heterocycles. The molecule has 0 aliphatic carbocycles. The van der Waals surface area contributed by atoms with Crippen molar-refractivity contribution in [3.63, 3.8) is 0 Å². The third-order valence-corrected chi connectivity index (χ3v) is 4.37. The topological polar surface area (TPSA) is 60.2 Å². The van der Waals surface area contributed by atoms with Gasteiger partial charge < -0.3 is 5.73 Å². The molecule has 17 heavy (non-hydrogen) atoms. The molecule has 0 unspecified atom stereocenters. The van der Waals surface area contributed by atoms with Crippen LogP contribution in [0.4, 0.5) is 5.69 Å². The van der Waals surface area contributed by atoms with E-state index in [1.54, 1.807) is 49.4 Å². The lowest BCUT2D eigenvalue weighted by Gasteiger charge is -2.06. The van der Waals surface area contributed by atoms with Gasteiger partial charge in [0.05, 0.1) is 9.79 Å². The summed E-state index contributed by atoms with van der Waals surface area (Å²) in [6.45, 7) is 1.79. The number of aryl methyl sites for hydroxylation is 1. The van der Waals surface area contributed by atoms with Crippen molar-refractivity contribution in [3.05, 3.63) is 54.1 Å². The molecule has 0 saturated carbocycles. The Morgan fingerprint density at radius 2 is 1.59 bits per heavy atom. The first-order valence-electron chi connectivity index (χ1n) is 5.18. The number of benzene rings is 2. The van der Waals surface area contributed by atoms with Gasteiger partial charge in [-0.3, -0.25) is 0 Å². The van der Waals surface area contributed by atoms with Gasteiger partial charge in [0, 0.05) is 5.69 Å². The van der Waals surface area contributed by atoms with E-state index in [0.717, 1.165) is 5.56 Å². The van der Waals surface area contributed by atoms with Crippen LogP contribution in [0, 0.1) is 6.92 Å². The zero-order valence-electron chi connectivity index (χ0n) is 9.42.